The largest absolute Gasteiger partial charge is 0.371 e. The van der Waals surface area contributed by atoms with Gasteiger partial charge in [0.05, 0.1) is 40.9 Å². The molecule has 0 bridgehead atoms. The number of amides is 2. The number of ether oxygens (including phenoxy) is 1. The molecule has 0 saturated carbocycles. The standard InChI is InChI=1S/C22H19Cl2FN4O3/c23-14-8-17(24)19(18(25)9-14)20(30)27-15-10-22(32-11-15)3-6-28(12-22)21(31)13-2-5-29-16(7-13)1-4-26-29/h1-2,4-5,7-9,15H,3,6,10-12H2,(H,27,30). The predicted molar refractivity (Wildman–Crippen MR) is 117 cm³/mol. The molecule has 3 aromatic rings. The van der Waals surface area contributed by atoms with E-state index in [2.05, 4.69) is 10.4 Å². The molecule has 2 aromatic heterocycles. The third-order valence-corrected chi connectivity index (χ3v) is 6.54. The van der Waals surface area contributed by atoms with E-state index in [9.17, 15) is 14.0 Å². The number of hydrogen-bond donors (Lipinski definition) is 1. The Bertz CT molecular complexity index is 1210. The third kappa shape index (κ3) is 3.83. The van der Waals surface area contributed by atoms with Crippen molar-refractivity contribution in [3.8, 4) is 0 Å². The molecule has 2 unspecified atom stereocenters. The summed E-state index contributed by atoms with van der Waals surface area (Å²) >= 11 is 11.8. The molecule has 2 atom stereocenters. The Balaban J connectivity index is 1.24. The smallest absolute Gasteiger partial charge is 0.256 e. The summed E-state index contributed by atoms with van der Waals surface area (Å²) in [4.78, 5) is 27.4. The van der Waals surface area contributed by atoms with Crippen LogP contribution in [0.5, 0.6) is 0 Å². The number of nitrogens with one attached hydrogen (secondary N) is 1. The van der Waals surface area contributed by atoms with Crippen molar-refractivity contribution in [2.45, 2.75) is 24.5 Å². The number of benzene rings is 1. The van der Waals surface area contributed by atoms with Crippen LogP contribution in [0.25, 0.3) is 5.52 Å². The summed E-state index contributed by atoms with van der Waals surface area (Å²) < 4.78 is 21.9. The van der Waals surface area contributed by atoms with Gasteiger partial charge >= 0.3 is 0 Å². The SMILES string of the molecule is O=C(NC1COC2(CCN(C(=O)c3ccn4nccc4c3)C2)C1)c1c(F)cc(Cl)cc1Cl. The van der Waals surface area contributed by atoms with Crippen LogP contribution in [-0.2, 0) is 4.74 Å². The van der Waals surface area contributed by atoms with Crippen LogP contribution in [0.15, 0.2) is 42.7 Å². The molecular weight excluding hydrogens is 458 g/mol. The fourth-order valence-corrected chi connectivity index (χ4v) is 5.05. The maximum atomic E-state index is 14.2. The molecular formula is C22H19Cl2FN4O3. The molecule has 2 saturated heterocycles. The minimum Gasteiger partial charge on any atom is -0.371 e. The lowest BCUT2D eigenvalue weighted by Gasteiger charge is -2.23. The Kier molecular flexibility index (Phi) is 5.31. The minimum atomic E-state index is -0.776. The molecule has 2 aliphatic rings. The van der Waals surface area contributed by atoms with Gasteiger partial charge in [-0.05, 0) is 36.8 Å². The number of pyridine rings is 1. The van der Waals surface area contributed by atoms with E-state index in [-0.39, 0.29) is 34.2 Å². The molecule has 32 heavy (non-hydrogen) atoms. The van der Waals surface area contributed by atoms with Gasteiger partial charge in [0.25, 0.3) is 11.8 Å². The average molecular weight is 477 g/mol. The number of hydrogen-bond acceptors (Lipinski definition) is 4. The van der Waals surface area contributed by atoms with Gasteiger partial charge in [0, 0.05) is 35.9 Å². The third-order valence-electron chi connectivity index (χ3n) is 6.03. The van der Waals surface area contributed by atoms with E-state index in [1.54, 1.807) is 27.9 Å². The lowest BCUT2D eigenvalue weighted by molar-refractivity contribution is 0.0121. The number of carbonyl (C=O) groups excluding carboxylic acids is 2. The minimum absolute atomic E-state index is 0.0473. The van der Waals surface area contributed by atoms with Crippen LogP contribution in [-0.4, -0.2) is 57.7 Å². The van der Waals surface area contributed by atoms with Crippen molar-refractivity contribution >= 4 is 40.5 Å². The van der Waals surface area contributed by atoms with Gasteiger partial charge in [-0.1, -0.05) is 23.2 Å². The Morgan fingerprint density at radius 3 is 2.91 bits per heavy atom. The van der Waals surface area contributed by atoms with Crippen molar-refractivity contribution in [3.63, 3.8) is 0 Å². The van der Waals surface area contributed by atoms with Crippen molar-refractivity contribution in [1.82, 2.24) is 19.8 Å². The maximum absolute atomic E-state index is 14.2. The molecule has 166 valence electrons. The van der Waals surface area contributed by atoms with Gasteiger partial charge in [0.15, 0.2) is 0 Å². The van der Waals surface area contributed by atoms with Gasteiger partial charge in [-0.15, -0.1) is 0 Å². The highest BCUT2D eigenvalue weighted by Crippen LogP contribution is 2.36. The zero-order valence-electron chi connectivity index (χ0n) is 16.9. The highest BCUT2D eigenvalue weighted by molar-refractivity contribution is 6.36. The molecule has 10 heteroatoms. The van der Waals surface area contributed by atoms with E-state index in [1.807, 2.05) is 12.1 Å². The molecule has 5 rings (SSSR count). The van der Waals surface area contributed by atoms with Crippen LogP contribution in [0.4, 0.5) is 4.39 Å². The summed E-state index contributed by atoms with van der Waals surface area (Å²) in [6, 6.07) is 7.46. The summed E-state index contributed by atoms with van der Waals surface area (Å²) in [6.45, 7) is 1.27. The monoisotopic (exact) mass is 476 g/mol. The first-order chi connectivity index (χ1) is 15.3. The molecule has 2 aliphatic heterocycles. The van der Waals surface area contributed by atoms with E-state index in [4.69, 9.17) is 27.9 Å². The maximum Gasteiger partial charge on any atom is 0.256 e. The van der Waals surface area contributed by atoms with Crippen LogP contribution in [0.1, 0.15) is 33.6 Å². The lowest BCUT2D eigenvalue weighted by Crippen LogP contribution is -2.39. The number of likely N-dealkylation sites (tertiary alicyclic amines) is 1. The number of aromatic nitrogens is 2. The average Bonchev–Trinajstić information content (AvgIpc) is 3.47. The van der Waals surface area contributed by atoms with Gasteiger partial charge in [0.1, 0.15) is 5.82 Å². The number of carbonyl (C=O) groups is 2. The van der Waals surface area contributed by atoms with E-state index < -0.39 is 17.3 Å². The van der Waals surface area contributed by atoms with Crippen LogP contribution < -0.4 is 5.32 Å². The van der Waals surface area contributed by atoms with Crippen molar-refractivity contribution in [1.29, 1.82) is 0 Å². The van der Waals surface area contributed by atoms with E-state index in [0.29, 0.717) is 31.5 Å². The van der Waals surface area contributed by atoms with E-state index >= 15 is 0 Å². The van der Waals surface area contributed by atoms with Gasteiger partial charge in [-0.25, -0.2) is 8.91 Å². The highest BCUT2D eigenvalue weighted by Gasteiger charge is 2.47. The van der Waals surface area contributed by atoms with E-state index in [1.165, 1.54) is 6.07 Å². The number of fused-ring (bicyclic) bond motifs is 1. The molecule has 4 heterocycles. The van der Waals surface area contributed by atoms with E-state index in [0.717, 1.165) is 11.6 Å². The van der Waals surface area contributed by atoms with Crippen molar-refractivity contribution in [3.05, 3.63) is 69.7 Å². The topological polar surface area (TPSA) is 75.9 Å². The number of nitrogens with zero attached hydrogens (tertiary/aromatic N) is 3. The second-order valence-electron chi connectivity index (χ2n) is 8.21. The molecule has 0 aliphatic carbocycles. The summed E-state index contributed by atoms with van der Waals surface area (Å²) in [5, 5.41) is 7.01. The zero-order chi connectivity index (χ0) is 22.5. The van der Waals surface area contributed by atoms with Gasteiger partial charge in [-0.2, -0.15) is 5.10 Å². The molecule has 0 radical (unpaired) electrons. The fourth-order valence-electron chi connectivity index (χ4n) is 4.49. The Hall–Kier alpha value is -2.68. The number of halogens is 3. The van der Waals surface area contributed by atoms with Gasteiger partial charge in [-0.3, -0.25) is 9.59 Å². The van der Waals surface area contributed by atoms with Gasteiger partial charge < -0.3 is 15.0 Å². The highest BCUT2D eigenvalue weighted by atomic mass is 35.5. The van der Waals surface area contributed by atoms with Crippen molar-refractivity contribution in [2.75, 3.05) is 19.7 Å². The fraction of sp³-hybridized carbons (Fsp3) is 0.318. The predicted octanol–water partition coefficient (Wildman–Crippen LogP) is 3.58. The Morgan fingerprint density at radius 2 is 2.09 bits per heavy atom. The molecule has 1 aromatic carbocycles. The van der Waals surface area contributed by atoms with Gasteiger partial charge in [0.2, 0.25) is 0 Å². The summed E-state index contributed by atoms with van der Waals surface area (Å²) in [5.74, 6) is -1.46. The Morgan fingerprint density at radius 1 is 1.25 bits per heavy atom. The second-order valence-corrected chi connectivity index (χ2v) is 9.05. The zero-order valence-corrected chi connectivity index (χ0v) is 18.4. The Labute approximate surface area is 193 Å². The van der Waals surface area contributed by atoms with Crippen LogP contribution in [0.3, 0.4) is 0 Å². The lowest BCUT2D eigenvalue weighted by atomic mass is 9.97. The molecule has 1 spiro atoms. The van der Waals surface area contributed by atoms with Crippen molar-refractivity contribution < 1.29 is 18.7 Å². The first kappa shape index (κ1) is 21.2. The second kappa shape index (κ2) is 8.03. The summed E-state index contributed by atoms with van der Waals surface area (Å²) in [7, 11) is 0. The number of rotatable bonds is 3. The first-order valence-electron chi connectivity index (χ1n) is 10.2. The quantitative estimate of drug-likeness (QED) is 0.626. The van der Waals surface area contributed by atoms with Crippen LogP contribution in [0, 0.1) is 5.82 Å². The molecule has 1 N–H and O–H groups in total. The molecule has 2 amide bonds. The molecule has 7 nitrogen and oxygen atoms in total. The molecule has 2 fully saturated rings. The summed E-state index contributed by atoms with van der Waals surface area (Å²) in [6.07, 6.45) is 4.62. The van der Waals surface area contributed by atoms with Crippen LogP contribution in [0.2, 0.25) is 10.0 Å². The summed E-state index contributed by atoms with van der Waals surface area (Å²) in [5.41, 5.74) is 0.662. The normalized spacial score (nSPS) is 22.7. The van der Waals surface area contributed by atoms with Crippen LogP contribution >= 0.6 is 23.2 Å². The first-order valence-corrected chi connectivity index (χ1v) is 10.9. The van der Waals surface area contributed by atoms with Crippen molar-refractivity contribution in [2.24, 2.45) is 0 Å².